The van der Waals surface area contributed by atoms with E-state index in [1.54, 1.807) is 6.33 Å². The number of rotatable bonds is 5. The van der Waals surface area contributed by atoms with Crippen LogP contribution in [0.1, 0.15) is 36.6 Å². The zero-order chi connectivity index (χ0) is 18.5. The zero-order valence-corrected chi connectivity index (χ0v) is 15.8. The molecular weight excluding hydrogens is 338 g/mol. The van der Waals surface area contributed by atoms with E-state index >= 15 is 0 Å². The summed E-state index contributed by atoms with van der Waals surface area (Å²) in [6.07, 6.45) is 8.01. The SMILES string of the molecule is CN=C(NCCCc1c[nH]c2ccccc12)N1CCC(c2ncn[nH]2)CC1. The number of nitrogens with one attached hydrogen (secondary N) is 3. The third-order valence-electron chi connectivity index (χ3n) is 5.41. The maximum absolute atomic E-state index is 4.47. The fourth-order valence-electron chi connectivity index (χ4n) is 3.93. The van der Waals surface area contributed by atoms with Crippen LogP contribution in [0.3, 0.4) is 0 Å². The number of aliphatic imine (C=N–C) groups is 1. The van der Waals surface area contributed by atoms with Crippen molar-refractivity contribution in [3.05, 3.63) is 48.2 Å². The third kappa shape index (κ3) is 3.97. The summed E-state index contributed by atoms with van der Waals surface area (Å²) in [5, 5.41) is 11.8. The second-order valence-electron chi connectivity index (χ2n) is 7.07. The minimum absolute atomic E-state index is 0.476. The van der Waals surface area contributed by atoms with Crippen molar-refractivity contribution in [1.29, 1.82) is 0 Å². The van der Waals surface area contributed by atoms with Crippen molar-refractivity contribution in [3.8, 4) is 0 Å². The molecule has 4 rings (SSSR count). The summed E-state index contributed by atoms with van der Waals surface area (Å²) < 4.78 is 0. The van der Waals surface area contributed by atoms with Gasteiger partial charge in [-0.25, -0.2) is 4.98 Å². The van der Waals surface area contributed by atoms with Gasteiger partial charge in [0.15, 0.2) is 5.96 Å². The van der Waals surface area contributed by atoms with Gasteiger partial charge in [0, 0.05) is 49.7 Å². The first kappa shape index (κ1) is 17.6. The summed E-state index contributed by atoms with van der Waals surface area (Å²) in [7, 11) is 1.87. The summed E-state index contributed by atoms with van der Waals surface area (Å²) in [5.41, 5.74) is 2.60. The van der Waals surface area contributed by atoms with Gasteiger partial charge >= 0.3 is 0 Å². The number of guanidine groups is 1. The monoisotopic (exact) mass is 365 g/mol. The normalized spacial score (nSPS) is 16.2. The fraction of sp³-hybridized carbons (Fsp3) is 0.450. The molecule has 3 heterocycles. The molecular formula is C20H27N7. The van der Waals surface area contributed by atoms with E-state index in [9.17, 15) is 0 Å². The van der Waals surface area contributed by atoms with Gasteiger partial charge in [-0.2, -0.15) is 5.10 Å². The van der Waals surface area contributed by atoms with Crippen molar-refractivity contribution >= 4 is 16.9 Å². The van der Waals surface area contributed by atoms with Gasteiger partial charge in [-0.1, -0.05) is 18.2 Å². The Hall–Kier alpha value is -2.83. The number of likely N-dealkylation sites (tertiary alicyclic amines) is 1. The molecule has 0 atom stereocenters. The Morgan fingerprint density at radius 2 is 2.15 bits per heavy atom. The molecule has 142 valence electrons. The number of H-pyrrole nitrogens is 2. The minimum Gasteiger partial charge on any atom is -0.361 e. The molecule has 0 spiro atoms. The van der Waals surface area contributed by atoms with Crippen LogP contribution in [0.15, 0.2) is 41.8 Å². The van der Waals surface area contributed by atoms with E-state index in [0.717, 1.165) is 57.1 Å². The molecule has 0 amide bonds. The van der Waals surface area contributed by atoms with Crippen molar-refractivity contribution in [1.82, 2.24) is 30.4 Å². The van der Waals surface area contributed by atoms with Gasteiger partial charge in [0.05, 0.1) is 0 Å². The van der Waals surface area contributed by atoms with E-state index in [0.29, 0.717) is 5.92 Å². The molecule has 0 bridgehead atoms. The van der Waals surface area contributed by atoms with Crippen molar-refractivity contribution in [2.24, 2.45) is 4.99 Å². The number of hydrogen-bond donors (Lipinski definition) is 3. The number of nitrogens with zero attached hydrogens (tertiary/aromatic N) is 4. The lowest BCUT2D eigenvalue weighted by Gasteiger charge is -2.33. The van der Waals surface area contributed by atoms with Gasteiger partial charge in [-0.05, 0) is 37.3 Å². The van der Waals surface area contributed by atoms with E-state index in [4.69, 9.17) is 0 Å². The Morgan fingerprint density at radius 3 is 2.93 bits per heavy atom. The number of aryl methyl sites for hydroxylation is 1. The van der Waals surface area contributed by atoms with Crippen LogP contribution in [0.4, 0.5) is 0 Å². The van der Waals surface area contributed by atoms with Gasteiger partial charge in [0.1, 0.15) is 12.2 Å². The third-order valence-corrected chi connectivity index (χ3v) is 5.41. The first-order valence-electron chi connectivity index (χ1n) is 9.71. The van der Waals surface area contributed by atoms with Crippen LogP contribution in [-0.4, -0.2) is 57.7 Å². The molecule has 7 nitrogen and oxygen atoms in total. The van der Waals surface area contributed by atoms with Crippen LogP contribution in [0.25, 0.3) is 10.9 Å². The number of aromatic nitrogens is 4. The van der Waals surface area contributed by atoms with E-state index in [1.165, 1.54) is 16.5 Å². The summed E-state index contributed by atoms with van der Waals surface area (Å²) in [6, 6.07) is 8.48. The van der Waals surface area contributed by atoms with Crippen molar-refractivity contribution in [2.45, 2.75) is 31.6 Å². The Bertz CT molecular complexity index is 873. The Morgan fingerprint density at radius 1 is 1.30 bits per heavy atom. The predicted octanol–water partition coefficient (Wildman–Crippen LogP) is 2.67. The largest absolute Gasteiger partial charge is 0.361 e. The summed E-state index contributed by atoms with van der Waals surface area (Å²) in [5.74, 6) is 2.49. The van der Waals surface area contributed by atoms with Crippen molar-refractivity contribution < 1.29 is 0 Å². The number of hydrogen-bond acceptors (Lipinski definition) is 3. The zero-order valence-electron chi connectivity index (χ0n) is 15.8. The average Bonchev–Trinajstić information content (AvgIpc) is 3.39. The van der Waals surface area contributed by atoms with Gasteiger partial charge in [-0.3, -0.25) is 10.1 Å². The fourth-order valence-corrected chi connectivity index (χ4v) is 3.93. The van der Waals surface area contributed by atoms with Crippen LogP contribution in [0.5, 0.6) is 0 Å². The molecule has 1 aliphatic rings. The first-order chi connectivity index (χ1) is 13.3. The van der Waals surface area contributed by atoms with Gasteiger partial charge < -0.3 is 15.2 Å². The number of piperidine rings is 1. The Kier molecular flexibility index (Phi) is 5.37. The Balaban J connectivity index is 1.24. The molecule has 3 aromatic rings. The average molecular weight is 365 g/mol. The minimum atomic E-state index is 0.476. The van der Waals surface area contributed by atoms with E-state index in [1.807, 2.05) is 7.05 Å². The topological polar surface area (TPSA) is 85.0 Å². The van der Waals surface area contributed by atoms with Crippen LogP contribution in [0, 0.1) is 0 Å². The van der Waals surface area contributed by atoms with Gasteiger partial charge in [0.2, 0.25) is 0 Å². The quantitative estimate of drug-likeness (QED) is 0.369. The molecule has 2 aromatic heterocycles. The lowest BCUT2D eigenvalue weighted by atomic mass is 9.96. The first-order valence-corrected chi connectivity index (χ1v) is 9.71. The van der Waals surface area contributed by atoms with Crippen LogP contribution in [-0.2, 0) is 6.42 Å². The smallest absolute Gasteiger partial charge is 0.193 e. The van der Waals surface area contributed by atoms with Crippen LogP contribution < -0.4 is 5.32 Å². The van der Waals surface area contributed by atoms with Crippen LogP contribution >= 0.6 is 0 Å². The standard InChI is InChI=1S/C20H27N7/c1-21-20(27-11-8-15(9-12-27)19-24-14-25-26-19)22-10-4-5-16-13-23-18-7-3-2-6-17(16)18/h2-3,6-7,13-15,23H,4-5,8-12H2,1H3,(H,21,22)(H,24,25,26). The summed E-state index contributed by atoms with van der Waals surface area (Å²) >= 11 is 0. The molecule has 3 N–H and O–H groups in total. The molecule has 1 saturated heterocycles. The highest BCUT2D eigenvalue weighted by Crippen LogP contribution is 2.25. The number of benzene rings is 1. The van der Waals surface area contributed by atoms with Gasteiger partial charge in [-0.15, -0.1) is 0 Å². The highest BCUT2D eigenvalue weighted by Gasteiger charge is 2.24. The molecule has 1 aliphatic heterocycles. The number of aromatic amines is 2. The second-order valence-corrected chi connectivity index (χ2v) is 7.07. The van der Waals surface area contributed by atoms with Crippen molar-refractivity contribution in [2.75, 3.05) is 26.7 Å². The predicted molar refractivity (Wildman–Crippen MR) is 108 cm³/mol. The lowest BCUT2D eigenvalue weighted by molar-refractivity contribution is 0.299. The molecule has 27 heavy (non-hydrogen) atoms. The number of fused-ring (bicyclic) bond motifs is 1. The molecule has 1 fully saturated rings. The second kappa shape index (κ2) is 8.24. The lowest BCUT2D eigenvalue weighted by Crippen LogP contribution is -2.45. The summed E-state index contributed by atoms with van der Waals surface area (Å²) in [6.45, 7) is 2.91. The summed E-state index contributed by atoms with van der Waals surface area (Å²) in [4.78, 5) is 14.5. The highest BCUT2D eigenvalue weighted by molar-refractivity contribution is 5.83. The Labute approximate surface area is 159 Å². The highest BCUT2D eigenvalue weighted by atomic mass is 15.3. The van der Waals surface area contributed by atoms with E-state index < -0.39 is 0 Å². The molecule has 0 radical (unpaired) electrons. The van der Waals surface area contributed by atoms with Crippen molar-refractivity contribution in [3.63, 3.8) is 0 Å². The van der Waals surface area contributed by atoms with E-state index in [-0.39, 0.29) is 0 Å². The van der Waals surface area contributed by atoms with Crippen LogP contribution in [0.2, 0.25) is 0 Å². The van der Waals surface area contributed by atoms with E-state index in [2.05, 4.69) is 65.8 Å². The molecule has 7 heteroatoms. The molecule has 0 unspecified atom stereocenters. The molecule has 1 aromatic carbocycles. The van der Waals surface area contributed by atoms with Gasteiger partial charge in [0.25, 0.3) is 0 Å². The number of para-hydroxylation sites is 1. The maximum atomic E-state index is 4.47. The molecule has 0 saturated carbocycles. The molecule has 0 aliphatic carbocycles. The maximum Gasteiger partial charge on any atom is 0.193 e.